The lowest BCUT2D eigenvalue weighted by molar-refractivity contribution is 0.318. The van der Waals surface area contributed by atoms with Crippen LogP contribution in [0.4, 0.5) is 5.69 Å². The molecule has 0 bridgehead atoms. The van der Waals surface area contributed by atoms with Gasteiger partial charge in [0.25, 0.3) is 0 Å². The molecule has 0 aromatic heterocycles. The van der Waals surface area contributed by atoms with E-state index in [9.17, 15) is 0 Å². The van der Waals surface area contributed by atoms with Crippen LogP contribution < -0.4 is 15.2 Å². The maximum atomic E-state index is 5.69. The van der Waals surface area contributed by atoms with Crippen molar-refractivity contribution >= 4 is 5.69 Å². The predicted molar refractivity (Wildman–Crippen MR) is 73.0 cm³/mol. The number of nitrogens with two attached hydrogens (primary N) is 1. The molecule has 0 saturated carbocycles. The van der Waals surface area contributed by atoms with Crippen molar-refractivity contribution in [2.75, 3.05) is 19.5 Å². The summed E-state index contributed by atoms with van der Waals surface area (Å²) in [7, 11) is 1.68. The van der Waals surface area contributed by atoms with Crippen molar-refractivity contribution in [3.05, 3.63) is 54.1 Å². The Morgan fingerprint density at radius 2 is 1.89 bits per heavy atom. The van der Waals surface area contributed by atoms with Gasteiger partial charge in [0, 0.05) is 18.2 Å². The SMILES string of the molecule is COc1ccccc1CCOc1cccc(N)c1. The molecule has 3 heteroatoms. The first kappa shape index (κ1) is 12.3. The van der Waals surface area contributed by atoms with Gasteiger partial charge >= 0.3 is 0 Å². The fourth-order valence-electron chi connectivity index (χ4n) is 1.79. The van der Waals surface area contributed by atoms with Crippen molar-refractivity contribution in [2.45, 2.75) is 6.42 Å². The van der Waals surface area contributed by atoms with Crippen molar-refractivity contribution < 1.29 is 9.47 Å². The van der Waals surface area contributed by atoms with Gasteiger partial charge in [0.05, 0.1) is 13.7 Å². The van der Waals surface area contributed by atoms with Gasteiger partial charge in [-0.15, -0.1) is 0 Å². The van der Waals surface area contributed by atoms with Crippen LogP contribution in [0, 0.1) is 0 Å². The van der Waals surface area contributed by atoms with Crippen LogP contribution in [0.2, 0.25) is 0 Å². The topological polar surface area (TPSA) is 44.5 Å². The van der Waals surface area contributed by atoms with Crippen molar-refractivity contribution in [1.29, 1.82) is 0 Å². The molecular formula is C15H17NO2. The zero-order valence-electron chi connectivity index (χ0n) is 10.4. The Labute approximate surface area is 107 Å². The lowest BCUT2D eigenvalue weighted by atomic mass is 10.1. The van der Waals surface area contributed by atoms with Crippen molar-refractivity contribution in [2.24, 2.45) is 0 Å². The minimum Gasteiger partial charge on any atom is -0.496 e. The maximum Gasteiger partial charge on any atom is 0.122 e. The third-order valence-corrected chi connectivity index (χ3v) is 2.69. The van der Waals surface area contributed by atoms with E-state index in [4.69, 9.17) is 15.2 Å². The number of para-hydroxylation sites is 1. The Morgan fingerprint density at radius 3 is 2.67 bits per heavy atom. The first-order valence-electron chi connectivity index (χ1n) is 5.90. The molecule has 0 aliphatic rings. The smallest absolute Gasteiger partial charge is 0.122 e. The standard InChI is InChI=1S/C15H17NO2/c1-17-15-8-3-2-5-12(15)9-10-18-14-7-4-6-13(16)11-14/h2-8,11H,9-10,16H2,1H3. The highest BCUT2D eigenvalue weighted by Crippen LogP contribution is 2.19. The first-order valence-corrected chi connectivity index (χ1v) is 5.90. The predicted octanol–water partition coefficient (Wildman–Crippen LogP) is 2.90. The molecule has 0 radical (unpaired) electrons. The number of hydrogen-bond acceptors (Lipinski definition) is 3. The zero-order chi connectivity index (χ0) is 12.8. The average Bonchev–Trinajstić information content (AvgIpc) is 2.39. The third kappa shape index (κ3) is 3.17. The zero-order valence-corrected chi connectivity index (χ0v) is 10.4. The van der Waals surface area contributed by atoms with Crippen LogP contribution in [0.15, 0.2) is 48.5 Å². The van der Waals surface area contributed by atoms with Crippen LogP contribution in [0.1, 0.15) is 5.56 Å². The second-order valence-corrected chi connectivity index (χ2v) is 3.98. The van der Waals surface area contributed by atoms with Crippen LogP contribution in [-0.4, -0.2) is 13.7 Å². The van der Waals surface area contributed by atoms with Crippen LogP contribution in [0.25, 0.3) is 0 Å². The average molecular weight is 243 g/mol. The molecule has 0 aliphatic carbocycles. The largest absolute Gasteiger partial charge is 0.496 e. The number of hydrogen-bond donors (Lipinski definition) is 1. The molecule has 0 spiro atoms. The van der Waals surface area contributed by atoms with Crippen molar-refractivity contribution in [3.63, 3.8) is 0 Å². The number of ether oxygens (including phenoxy) is 2. The van der Waals surface area contributed by atoms with E-state index in [0.29, 0.717) is 12.3 Å². The van der Waals surface area contributed by atoms with Crippen LogP contribution in [-0.2, 0) is 6.42 Å². The summed E-state index contributed by atoms with van der Waals surface area (Å²) >= 11 is 0. The molecule has 3 nitrogen and oxygen atoms in total. The Hall–Kier alpha value is -2.16. The summed E-state index contributed by atoms with van der Waals surface area (Å²) in [5, 5.41) is 0. The lowest BCUT2D eigenvalue weighted by Gasteiger charge is -2.09. The highest BCUT2D eigenvalue weighted by Gasteiger charge is 2.02. The van der Waals surface area contributed by atoms with Crippen LogP contribution in [0.5, 0.6) is 11.5 Å². The first-order chi connectivity index (χ1) is 8.79. The van der Waals surface area contributed by atoms with Gasteiger partial charge in [0.1, 0.15) is 11.5 Å². The van der Waals surface area contributed by atoms with Crippen LogP contribution >= 0.6 is 0 Å². The molecule has 0 heterocycles. The van der Waals surface area contributed by atoms with E-state index in [1.54, 1.807) is 7.11 Å². The summed E-state index contributed by atoms with van der Waals surface area (Å²) in [6, 6.07) is 15.4. The Morgan fingerprint density at radius 1 is 1.06 bits per heavy atom. The summed E-state index contributed by atoms with van der Waals surface area (Å²) < 4.78 is 10.9. The Balaban J connectivity index is 1.92. The summed E-state index contributed by atoms with van der Waals surface area (Å²) in [6.07, 6.45) is 0.804. The third-order valence-electron chi connectivity index (χ3n) is 2.69. The molecule has 2 aromatic rings. The molecule has 0 amide bonds. The van der Waals surface area contributed by atoms with Crippen molar-refractivity contribution in [3.8, 4) is 11.5 Å². The summed E-state index contributed by atoms with van der Waals surface area (Å²) in [5.74, 6) is 1.69. The van der Waals surface area contributed by atoms with E-state index >= 15 is 0 Å². The van der Waals surface area contributed by atoms with Gasteiger partial charge in [0.15, 0.2) is 0 Å². The van der Waals surface area contributed by atoms with Crippen LogP contribution in [0.3, 0.4) is 0 Å². The molecule has 2 N–H and O–H groups in total. The molecule has 0 aliphatic heterocycles. The summed E-state index contributed by atoms with van der Waals surface area (Å²) in [6.45, 7) is 0.601. The number of benzene rings is 2. The van der Waals surface area contributed by atoms with Crippen molar-refractivity contribution in [1.82, 2.24) is 0 Å². The van der Waals surface area contributed by atoms with Gasteiger partial charge in [0.2, 0.25) is 0 Å². The van der Waals surface area contributed by atoms with E-state index in [1.165, 1.54) is 0 Å². The Kier molecular flexibility index (Phi) is 4.07. The highest BCUT2D eigenvalue weighted by atomic mass is 16.5. The molecule has 0 saturated heterocycles. The second-order valence-electron chi connectivity index (χ2n) is 3.98. The minimum atomic E-state index is 0.601. The van der Waals surface area contributed by atoms with Gasteiger partial charge in [-0.2, -0.15) is 0 Å². The second kappa shape index (κ2) is 5.96. The van der Waals surface area contributed by atoms with E-state index in [2.05, 4.69) is 0 Å². The normalized spacial score (nSPS) is 10.1. The minimum absolute atomic E-state index is 0.601. The summed E-state index contributed by atoms with van der Waals surface area (Å²) in [4.78, 5) is 0. The van der Waals surface area contributed by atoms with Gasteiger partial charge in [-0.3, -0.25) is 0 Å². The van der Waals surface area contributed by atoms with Gasteiger partial charge in [-0.25, -0.2) is 0 Å². The van der Waals surface area contributed by atoms with E-state index < -0.39 is 0 Å². The van der Waals surface area contributed by atoms with Gasteiger partial charge in [-0.1, -0.05) is 24.3 Å². The molecular weight excluding hydrogens is 226 g/mol. The molecule has 18 heavy (non-hydrogen) atoms. The number of rotatable bonds is 5. The number of methoxy groups -OCH3 is 1. The molecule has 2 rings (SSSR count). The molecule has 2 aromatic carbocycles. The van der Waals surface area contributed by atoms with Gasteiger partial charge < -0.3 is 15.2 Å². The van der Waals surface area contributed by atoms with E-state index in [1.807, 2.05) is 48.5 Å². The molecule has 0 atom stereocenters. The molecule has 0 fully saturated rings. The number of nitrogen functional groups attached to an aromatic ring is 1. The quantitative estimate of drug-likeness (QED) is 0.821. The fraction of sp³-hybridized carbons (Fsp3) is 0.200. The monoisotopic (exact) mass is 243 g/mol. The summed E-state index contributed by atoms with van der Waals surface area (Å²) in [5.41, 5.74) is 7.54. The van der Waals surface area contributed by atoms with E-state index in [-0.39, 0.29) is 0 Å². The van der Waals surface area contributed by atoms with Gasteiger partial charge in [-0.05, 0) is 23.8 Å². The maximum absolute atomic E-state index is 5.69. The highest BCUT2D eigenvalue weighted by molar-refractivity contribution is 5.43. The van der Waals surface area contributed by atoms with E-state index in [0.717, 1.165) is 23.5 Å². The number of anilines is 1. The lowest BCUT2D eigenvalue weighted by Crippen LogP contribution is -2.03. The fourth-order valence-corrected chi connectivity index (χ4v) is 1.79. The molecule has 0 unspecified atom stereocenters. The Bertz CT molecular complexity index is 511. The molecule has 94 valence electrons.